The van der Waals surface area contributed by atoms with Gasteiger partial charge in [-0.1, -0.05) is 25.7 Å². The van der Waals surface area contributed by atoms with E-state index in [9.17, 15) is 9.90 Å². The zero-order valence-corrected chi connectivity index (χ0v) is 14.4. The van der Waals surface area contributed by atoms with Crippen molar-refractivity contribution in [2.75, 3.05) is 13.1 Å². The zero-order valence-electron chi connectivity index (χ0n) is 12.2. The standard InChI is InChI=1S/C16H23IN2O2/c17-12-7-8-15(20)14(11-12)16(21)19-10-9-18-13-5-3-1-2-4-6-13/h7-8,11,13,18,20H,1-6,9-10H2,(H,19,21). The van der Waals surface area contributed by atoms with Crippen molar-refractivity contribution in [1.82, 2.24) is 10.6 Å². The molecule has 0 radical (unpaired) electrons. The normalized spacial score (nSPS) is 16.4. The molecule has 1 aliphatic carbocycles. The van der Waals surface area contributed by atoms with E-state index in [4.69, 9.17) is 0 Å². The molecule has 1 aliphatic rings. The number of hydrogen-bond acceptors (Lipinski definition) is 3. The number of carbonyl (C=O) groups excluding carboxylic acids is 1. The number of carbonyl (C=O) groups is 1. The van der Waals surface area contributed by atoms with E-state index in [1.165, 1.54) is 38.5 Å². The quantitative estimate of drug-likeness (QED) is 0.403. The summed E-state index contributed by atoms with van der Waals surface area (Å²) < 4.78 is 0.937. The minimum atomic E-state index is -0.214. The topological polar surface area (TPSA) is 61.4 Å². The van der Waals surface area contributed by atoms with Gasteiger partial charge in [0.1, 0.15) is 5.75 Å². The van der Waals surface area contributed by atoms with Gasteiger partial charge < -0.3 is 15.7 Å². The van der Waals surface area contributed by atoms with Crippen LogP contribution in [0, 0.1) is 3.57 Å². The van der Waals surface area contributed by atoms with Gasteiger partial charge in [0.05, 0.1) is 5.56 Å². The van der Waals surface area contributed by atoms with E-state index in [2.05, 4.69) is 33.2 Å². The summed E-state index contributed by atoms with van der Waals surface area (Å²) in [5.41, 5.74) is 0.344. The van der Waals surface area contributed by atoms with Crippen LogP contribution in [0.15, 0.2) is 18.2 Å². The van der Waals surface area contributed by atoms with Gasteiger partial charge in [0, 0.05) is 22.7 Å². The summed E-state index contributed by atoms with van der Waals surface area (Å²) >= 11 is 2.13. The molecule has 1 fully saturated rings. The second kappa shape index (κ2) is 8.58. The molecule has 0 aliphatic heterocycles. The number of amides is 1. The second-order valence-corrected chi connectivity index (χ2v) is 6.81. The Morgan fingerprint density at radius 3 is 2.62 bits per heavy atom. The Morgan fingerprint density at radius 2 is 1.90 bits per heavy atom. The van der Waals surface area contributed by atoms with E-state index >= 15 is 0 Å². The van der Waals surface area contributed by atoms with E-state index in [1.807, 2.05) is 0 Å². The molecule has 0 aromatic heterocycles. The van der Waals surface area contributed by atoms with Crippen LogP contribution in [-0.4, -0.2) is 30.1 Å². The van der Waals surface area contributed by atoms with Crippen LogP contribution in [0.3, 0.4) is 0 Å². The second-order valence-electron chi connectivity index (χ2n) is 5.56. The lowest BCUT2D eigenvalue weighted by molar-refractivity contribution is 0.0950. The zero-order chi connectivity index (χ0) is 15.1. The highest BCUT2D eigenvalue weighted by molar-refractivity contribution is 14.1. The lowest BCUT2D eigenvalue weighted by Gasteiger charge is -2.16. The fraction of sp³-hybridized carbons (Fsp3) is 0.562. The van der Waals surface area contributed by atoms with Gasteiger partial charge >= 0.3 is 0 Å². The Hall–Kier alpha value is -0.820. The maximum Gasteiger partial charge on any atom is 0.255 e. The molecule has 5 heteroatoms. The van der Waals surface area contributed by atoms with Crippen molar-refractivity contribution in [3.8, 4) is 5.75 Å². The van der Waals surface area contributed by atoms with E-state index in [0.717, 1.165) is 10.1 Å². The summed E-state index contributed by atoms with van der Waals surface area (Å²) in [5, 5.41) is 16.1. The molecule has 1 aromatic carbocycles. The molecule has 116 valence electrons. The molecule has 0 saturated heterocycles. The lowest BCUT2D eigenvalue weighted by atomic mass is 10.1. The Balaban J connectivity index is 1.72. The van der Waals surface area contributed by atoms with Crippen LogP contribution in [0.5, 0.6) is 5.75 Å². The van der Waals surface area contributed by atoms with Gasteiger partial charge in [-0.3, -0.25) is 4.79 Å². The Kier molecular flexibility index (Phi) is 6.76. The first kappa shape index (κ1) is 16.5. The summed E-state index contributed by atoms with van der Waals surface area (Å²) in [6.45, 7) is 1.36. The minimum Gasteiger partial charge on any atom is -0.507 e. The van der Waals surface area contributed by atoms with Gasteiger partial charge in [-0.05, 0) is 53.6 Å². The van der Waals surface area contributed by atoms with Gasteiger partial charge in [-0.15, -0.1) is 0 Å². The fourth-order valence-corrected chi connectivity index (χ4v) is 3.21. The van der Waals surface area contributed by atoms with Gasteiger partial charge in [0.2, 0.25) is 0 Å². The molecule has 0 unspecified atom stereocenters. The predicted molar refractivity (Wildman–Crippen MR) is 92.6 cm³/mol. The molecular weight excluding hydrogens is 379 g/mol. The van der Waals surface area contributed by atoms with Gasteiger partial charge in [0.15, 0.2) is 0 Å². The molecule has 3 N–H and O–H groups in total. The molecule has 21 heavy (non-hydrogen) atoms. The van der Waals surface area contributed by atoms with Gasteiger partial charge in [-0.2, -0.15) is 0 Å². The number of phenols is 1. The van der Waals surface area contributed by atoms with Crippen LogP contribution in [0.2, 0.25) is 0 Å². The summed E-state index contributed by atoms with van der Waals surface area (Å²) in [6.07, 6.45) is 7.79. The molecule has 4 nitrogen and oxygen atoms in total. The maximum atomic E-state index is 12.0. The van der Waals surface area contributed by atoms with Gasteiger partial charge in [-0.25, -0.2) is 0 Å². The minimum absolute atomic E-state index is 0.0321. The number of halogens is 1. The van der Waals surface area contributed by atoms with Crippen molar-refractivity contribution >= 4 is 28.5 Å². The molecule has 0 bridgehead atoms. The monoisotopic (exact) mass is 402 g/mol. The average molecular weight is 402 g/mol. The SMILES string of the molecule is O=C(NCCNC1CCCCCC1)c1cc(I)ccc1O. The van der Waals surface area contributed by atoms with Gasteiger partial charge in [0.25, 0.3) is 5.91 Å². The third-order valence-corrected chi connectivity index (χ3v) is 4.57. The molecule has 1 saturated carbocycles. The highest BCUT2D eigenvalue weighted by Gasteiger charge is 2.13. The highest BCUT2D eigenvalue weighted by atomic mass is 127. The summed E-state index contributed by atoms with van der Waals surface area (Å²) in [5.74, 6) is -0.182. The molecule has 1 aromatic rings. The van der Waals surface area contributed by atoms with Crippen LogP contribution in [-0.2, 0) is 0 Å². The first-order valence-corrected chi connectivity index (χ1v) is 8.75. The van der Waals surface area contributed by atoms with Crippen molar-refractivity contribution in [3.05, 3.63) is 27.3 Å². The Morgan fingerprint density at radius 1 is 1.19 bits per heavy atom. The number of hydrogen-bond donors (Lipinski definition) is 3. The van der Waals surface area contributed by atoms with E-state index in [-0.39, 0.29) is 11.7 Å². The molecular formula is C16H23IN2O2. The molecule has 0 spiro atoms. The third kappa shape index (κ3) is 5.47. The summed E-state index contributed by atoms with van der Waals surface area (Å²) in [7, 11) is 0. The molecule has 0 atom stereocenters. The largest absolute Gasteiger partial charge is 0.507 e. The van der Waals surface area contributed by atoms with Crippen molar-refractivity contribution < 1.29 is 9.90 Å². The smallest absolute Gasteiger partial charge is 0.255 e. The van der Waals surface area contributed by atoms with Crippen molar-refractivity contribution in [3.63, 3.8) is 0 Å². The number of rotatable bonds is 5. The van der Waals surface area contributed by atoms with Crippen LogP contribution >= 0.6 is 22.6 Å². The van der Waals surface area contributed by atoms with Crippen LogP contribution in [0.25, 0.3) is 0 Å². The summed E-state index contributed by atoms with van der Waals surface area (Å²) in [6, 6.07) is 5.63. The first-order valence-electron chi connectivity index (χ1n) is 7.67. The number of benzene rings is 1. The molecule has 1 amide bonds. The number of nitrogens with one attached hydrogen (secondary N) is 2. The van der Waals surface area contributed by atoms with Crippen LogP contribution in [0.4, 0.5) is 0 Å². The molecule has 0 heterocycles. The Labute approximate surface area is 139 Å². The van der Waals surface area contributed by atoms with E-state index in [1.54, 1.807) is 18.2 Å². The Bertz CT molecular complexity index is 471. The molecule has 2 rings (SSSR count). The maximum absolute atomic E-state index is 12.0. The summed E-state index contributed by atoms with van der Waals surface area (Å²) in [4.78, 5) is 12.0. The highest BCUT2D eigenvalue weighted by Crippen LogP contribution is 2.19. The van der Waals surface area contributed by atoms with Crippen molar-refractivity contribution in [2.24, 2.45) is 0 Å². The van der Waals surface area contributed by atoms with Crippen LogP contribution in [0.1, 0.15) is 48.9 Å². The average Bonchev–Trinajstić information content (AvgIpc) is 2.74. The third-order valence-electron chi connectivity index (χ3n) is 3.90. The lowest BCUT2D eigenvalue weighted by Crippen LogP contribution is -2.36. The van der Waals surface area contributed by atoms with E-state index in [0.29, 0.717) is 18.2 Å². The predicted octanol–water partition coefficient (Wildman–Crippen LogP) is 3.04. The fourth-order valence-electron chi connectivity index (χ4n) is 2.72. The number of phenolic OH excluding ortho intramolecular Hbond substituents is 1. The van der Waals surface area contributed by atoms with Crippen molar-refractivity contribution in [2.45, 2.75) is 44.6 Å². The van der Waals surface area contributed by atoms with Crippen LogP contribution < -0.4 is 10.6 Å². The first-order chi connectivity index (χ1) is 10.2. The number of aromatic hydroxyl groups is 1. The van der Waals surface area contributed by atoms with Crippen molar-refractivity contribution in [1.29, 1.82) is 0 Å². The van der Waals surface area contributed by atoms with E-state index < -0.39 is 0 Å².